The molecule has 3 N–H and O–H groups in total. The lowest BCUT2D eigenvalue weighted by atomic mass is 9.81. The summed E-state index contributed by atoms with van der Waals surface area (Å²) in [4.78, 5) is 11.3. The van der Waals surface area contributed by atoms with Crippen molar-refractivity contribution in [2.24, 2.45) is 5.92 Å². The predicted molar refractivity (Wildman–Crippen MR) is 58.8 cm³/mol. The molecule has 0 aromatic heterocycles. The quantitative estimate of drug-likeness (QED) is 0.446. The maximum absolute atomic E-state index is 11.3. The van der Waals surface area contributed by atoms with Gasteiger partial charge in [-0.15, -0.1) is 0 Å². The van der Waals surface area contributed by atoms with Crippen molar-refractivity contribution in [2.45, 2.75) is 44.0 Å². The van der Waals surface area contributed by atoms with Crippen LogP contribution in [0, 0.1) is 5.92 Å². The molecule has 0 saturated heterocycles. The second-order valence-corrected chi connectivity index (χ2v) is 4.23. The summed E-state index contributed by atoms with van der Waals surface area (Å²) >= 11 is 0. The van der Waals surface area contributed by atoms with Crippen molar-refractivity contribution < 1.29 is 14.9 Å². The zero-order chi connectivity index (χ0) is 11.3. The van der Waals surface area contributed by atoms with E-state index >= 15 is 0 Å². The van der Waals surface area contributed by atoms with Crippen molar-refractivity contribution in [1.29, 1.82) is 0 Å². The van der Waals surface area contributed by atoms with E-state index in [1.807, 2.05) is 0 Å². The third kappa shape index (κ3) is 2.52. The van der Waals surface area contributed by atoms with Gasteiger partial charge in [-0.2, -0.15) is 0 Å². The van der Waals surface area contributed by atoms with Crippen LogP contribution in [0.15, 0.2) is 0 Å². The van der Waals surface area contributed by atoms with Gasteiger partial charge in [0.2, 0.25) is 0 Å². The van der Waals surface area contributed by atoms with Crippen LogP contribution in [0.3, 0.4) is 0 Å². The Morgan fingerprint density at radius 2 is 2.40 bits per heavy atom. The first-order valence-electron chi connectivity index (χ1n) is 5.55. The Bertz CT molecular complexity index is 225. The minimum Gasteiger partial charge on any atom is -0.480 e. The van der Waals surface area contributed by atoms with Crippen molar-refractivity contribution in [1.82, 2.24) is 5.32 Å². The largest absolute Gasteiger partial charge is 0.480 e. The Morgan fingerprint density at radius 3 is 2.93 bits per heavy atom. The molecule has 15 heavy (non-hydrogen) atoms. The smallest absolute Gasteiger partial charge is 0.324 e. The highest BCUT2D eigenvalue weighted by molar-refractivity contribution is 6.25. The van der Waals surface area contributed by atoms with E-state index in [0.717, 1.165) is 33.2 Å². The molecule has 0 aromatic carbocycles. The summed E-state index contributed by atoms with van der Waals surface area (Å²) in [5.74, 6) is -0.541. The van der Waals surface area contributed by atoms with Crippen molar-refractivity contribution in [3.63, 3.8) is 0 Å². The number of carboxylic acids is 1. The highest BCUT2D eigenvalue weighted by Gasteiger charge is 2.47. The average molecular weight is 212 g/mol. The van der Waals surface area contributed by atoms with Crippen LogP contribution in [0.1, 0.15) is 32.1 Å². The average Bonchev–Trinajstić information content (AvgIpc) is 2.62. The number of carboxylic acid groups (broad SMARTS) is 1. The molecule has 1 fully saturated rings. The summed E-state index contributed by atoms with van der Waals surface area (Å²) in [5.41, 5.74) is -0.727. The Kier molecular flexibility index (Phi) is 4.60. The normalized spacial score (nSPS) is 30.4. The van der Waals surface area contributed by atoms with E-state index in [4.69, 9.17) is 5.02 Å². The van der Waals surface area contributed by atoms with Gasteiger partial charge < -0.3 is 15.4 Å². The van der Waals surface area contributed by atoms with E-state index in [-0.39, 0.29) is 5.92 Å². The predicted octanol–water partition coefficient (Wildman–Crippen LogP) is 0.639. The Labute approximate surface area is 91.3 Å². The van der Waals surface area contributed by atoms with Crippen LogP contribution in [0.25, 0.3) is 0 Å². The SMILES string of the molecule is CNC1(C(=O)O)CCCC1CCC[B]O. The van der Waals surface area contributed by atoms with Crippen molar-refractivity contribution in [2.75, 3.05) is 7.05 Å². The number of nitrogens with one attached hydrogen (secondary N) is 1. The monoisotopic (exact) mass is 212 g/mol. The number of hydrogen-bond acceptors (Lipinski definition) is 3. The number of likely N-dealkylation sites (N-methyl/N-ethyl adjacent to an activating group) is 1. The van der Waals surface area contributed by atoms with E-state index in [2.05, 4.69) is 5.32 Å². The molecule has 0 amide bonds. The number of hydrogen-bond donors (Lipinski definition) is 3. The van der Waals surface area contributed by atoms with Crippen molar-refractivity contribution >= 4 is 13.5 Å². The zero-order valence-electron chi connectivity index (χ0n) is 9.20. The molecule has 4 nitrogen and oxygen atoms in total. The fraction of sp³-hybridized carbons (Fsp3) is 0.900. The molecule has 5 heteroatoms. The van der Waals surface area contributed by atoms with Gasteiger partial charge in [0.25, 0.3) is 7.48 Å². The molecule has 2 atom stereocenters. The molecule has 0 heterocycles. The minimum absolute atomic E-state index is 0.194. The van der Waals surface area contributed by atoms with Gasteiger partial charge >= 0.3 is 5.97 Å². The second kappa shape index (κ2) is 5.51. The molecule has 1 radical (unpaired) electrons. The summed E-state index contributed by atoms with van der Waals surface area (Å²) in [6.07, 6.45) is 5.03. The molecule has 2 unspecified atom stereocenters. The highest BCUT2D eigenvalue weighted by atomic mass is 16.4. The van der Waals surface area contributed by atoms with Gasteiger partial charge in [0.05, 0.1) is 0 Å². The van der Waals surface area contributed by atoms with Gasteiger partial charge in [-0.3, -0.25) is 4.79 Å². The third-order valence-corrected chi connectivity index (χ3v) is 3.53. The van der Waals surface area contributed by atoms with Gasteiger partial charge in [-0.25, -0.2) is 0 Å². The molecule has 1 saturated carbocycles. The lowest BCUT2D eigenvalue weighted by Crippen LogP contribution is -2.53. The summed E-state index contributed by atoms with van der Waals surface area (Å²) < 4.78 is 0. The van der Waals surface area contributed by atoms with E-state index in [0.29, 0.717) is 12.7 Å². The van der Waals surface area contributed by atoms with Gasteiger partial charge in [0.1, 0.15) is 5.54 Å². The van der Waals surface area contributed by atoms with Crippen LogP contribution < -0.4 is 5.32 Å². The van der Waals surface area contributed by atoms with E-state index in [1.165, 1.54) is 0 Å². The van der Waals surface area contributed by atoms with Gasteiger partial charge in [-0.05, 0) is 32.2 Å². The topological polar surface area (TPSA) is 69.6 Å². The molecule has 0 spiro atoms. The van der Waals surface area contributed by atoms with Crippen LogP contribution in [0.2, 0.25) is 6.32 Å². The van der Waals surface area contributed by atoms with Gasteiger partial charge in [-0.1, -0.05) is 19.2 Å². The number of carbonyl (C=O) groups is 1. The first-order valence-corrected chi connectivity index (χ1v) is 5.55. The van der Waals surface area contributed by atoms with Gasteiger partial charge in [0, 0.05) is 0 Å². The zero-order valence-corrected chi connectivity index (χ0v) is 9.20. The second-order valence-electron chi connectivity index (χ2n) is 4.23. The fourth-order valence-corrected chi connectivity index (χ4v) is 2.64. The molecular formula is C10H19BNO3. The Hall–Kier alpha value is -0.545. The highest BCUT2D eigenvalue weighted by Crippen LogP contribution is 2.38. The summed E-state index contributed by atoms with van der Waals surface area (Å²) in [6, 6.07) is 0. The standard InChI is InChI=1S/C10H19BNO3/c1-12-10(9(13)14)6-2-4-8(10)5-3-7-11-15/h8,12,15H,2-7H2,1H3,(H,13,14). The maximum Gasteiger partial charge on any atom is 0.324 e. The van der Waals surface area contributed by atoms with Gasteiger partial charge in [0.15, 0.2) is 0 Å². The van der Waals surface area contributed by atoms with Crippen LogP contribution >= 0.6 is 0 Å². The maximum atomic E-state index is 11.3. The van der Waals surface area contributed by atoms with E-state index < -0.39 is 11.5 Å². The minimum atomic E-state index is -0.736. The lowest BCUT2D eigenvalue weighted by Gasteiger charge is -2.31. The number of rotatable bonds is 6. The molecule has 0 aromatic rings. The van der Waals surface area contributed by atoms with E-state index in [9.17, 15) is 9.90 Å². The molecule has 1 aliphatic carbocycles. The third-order valence-electron chi connectivity index (χ3n) is 3.53. The molecular weight excluding hydrogens is 193 g/mol. The van der Waals surface area contributed by atoms with Crippen LogP contribution in [-0.2, 0) is 4.79 Å². The van der Waals surface area contributed by atoms with Crippen LogP contribution in [0.5, 0.6) is 0 Å². The fourth-order valence-electron chi connectivity index (χ4n) is 2.64. The summed E-state index contributed by atoms with van der Waals surface area (Å²) in [7, 11) is 2.88. The van der Waals surface area contributed by atoms with Crippen LogP contribution in [-0.4, -0.2) is 36.2 Å². The summed E-state index contributed by atoms with van der Waals surface area (Å²) in [6.45, 7) is 0. The lowest BCUT2D eigenvalue weighted by molar-refractivity contribution is -0.146. The first-order chi connectivity index (χ1) is 7.17. The van der Waals surface area contributed by atoms with E-state index in [1.54, 1.807) is 7.05 Å². The first kappa shape index (κ1) is 12.5. The Balaban J connectivity index is 2.57. The molecule has 85 valence electrons. The van der Waals surface area contributed by atoms with Crippen molar-refractivity contribution in [3.05, 3.63) is 0 Å². The molecule has 0 aliphatic heterocycles. The Morgan fingerprint density at radius 1 is 1.67 bits per heavy atom. The number of aliphatic carboxylic acids is 1. The van der Waals surface area contributed by atoms with Crippen molar-refractivity contribution in [3.8, 4) is 0 Å². The molecule has 0 bridgehead atoms. The molecule has 1 rings (SSSR count). The van der Waals surface area contributed by atoms with Crippen LogP contribution in [0.4, 0.5) is 0 Å². The summed E-state index contributed by atoms with van der Waals surface area (Å²) in [5, 5.41) is 20.8. The molecule has 1 aliphatic rings.